The van der Waals surface area contributed by atoms with Gasteiger partial charge in [0.15, 0.2) is 0 Å². The summed E-state index contributed by atoms with van der Waals surface area (Å²) in [5.41, 5.74) is 3.46. The molecule has 3 rings (SSSR count). The third-order valence-electron chi connectivity index (χ3n) is 3.36. The molecule has 0 N–H and O–H groups in total. The fourth-order valence-electron chi connectivity index (χ4n) is 2.50. The second-order valence-corrected chi connectivity index (χ2v) is 4.60. The van der Waals surface area contributed by atoms with Gasteiger partial charge in [-0.25, -0.2) is 4.79 Å². The van der Waals surface area contributed by atoms with E-state index in [0.29, 0.717) is 6.61 Å². The number of hydrogen-bond acceptors (Lipinski definition) is 3. The Morgan fingerprint density at radius 2 is 2.00 bits per heavy atom. The van der Waals surface area contributed by atoms with Crippen molar-refractivity contribution < 1.29 is 9.53 Å². The van der Waals surface area contributed by atoms with Gasteiger partial charge >= 0.3 is 5.97 Å². The fraction of sp³-hybridized carbons (Fsp3) is 0.357. The standard InChI is InChI=1S/C14H15NO2/c16-14-13-10-15(9-12(13)6-7-17-14)8-11-4-2-1-3-5-11/h1-5H,6-10H2. The molecule has 3 nitrogen and oxygen atoms in total. The van der Waals surface area contributed by atoms with Crippen LogP contribution in [0, 0.1) is 0 Å². The summed E-state index contributed by atoms with van der Waals surface area (Å²) in [4.78, 5) is 13.9. The Balaban J connectivity index is 1.69. The van der Waals surface area contributed by atoms with Gasteiger partial charge in [-0.1, -0.05) is 30.3 Å². The number of hydrogen-bond donors (Lipinski definition) is 0. The molecule has 2 aliphatic heterocycles. The second kappa shape index (κ2) is 4.34. The maximum atomic E-state index is 11.6. The Bertz CT molecular complexity index is 464. The van der Waals surface area contributed by atoms with E-state index in [0.717, 1.165) is 31.6 Å². The van der Waals surface area contributed by atoms with Crippen LogP contribution in [0.2, 0.25) is 0 Å². The molecule has 0 bridgehead atoms. The molecule has 3 heteroatoms. The van der Waals surface area contributed by atoms with E-state index in [1.54, 1.807) is 0 Å². The van der Waals surface area contributed by atoms with Gasteiger partial charge in [0.05, 0.1) is 12.2 Å². The molecule has 2 aliphatic rings. The fourth-order valence-corrected chi connectivity index (χ4v) is 2.50. The van der Waals surface area contributed by atoms with E-state index in [4.69, 9.17) is 4.74 Å². The van der Waals surface area contributed by atoms with Crippen LogP contribution in [0.3, 0.4) is 0 Å². The van der Waals surface area contributed by atoms with E-state index in [-0.39, 0.29) is 5.97 Å². The maximum absolute atomic E-state index is 11.6. The first-order chi connectivity index (χ1) is 8.33. The van der Waals surface area contributed by atoms with E-state index in [2.05, 4.69) is 17.0 Å². The Kier molecular flexibility index (Phi) is 2.69. The van der Waals surface area contributed by atoms with Gasteiger partial charge in [-0.05, 0) is 11.1 Å². The van der Waals surface area contributed by atoms with Crippen LogP contribution in [0.4, 0.5) is 0 Å². The van der Waals surface area contributed by atoms with E-state index in [9.17, 15) is 4.79 Å². The lowest BCUT2D eigenvalue weighted by Crippen LogP contribution is -2.22. The van der Waals surface area contributed by atoms with Gasteiger partial charge < -0.3 is 4.74 Å². The first kappa shape index (κ1) is 10.5. The van der Waals surface area contributed by atoms with Gasteiger partial charge in [0, 0.05) is 26.1 Å². The van der Waals surface area contributed by atoms with E-state index in [1.807, 2.05) is 18.2 Å². The van der Waals surface area contributed by atoms with Gasteiger partial charge in [0.1, 0.15) is 0 Å². The van der Waals surface area contributed by atoms with Gasteiger partial charge in [0.25, 0.3) is 0 Å². The summed E-state index contributed by atoms with van der Waals surface area (Å²) in [5, 5.41) is 0. The Hall–Kier alpha value is -1.61. The maximum Gasteiger partial charge on any atom is 0.335 e. The minimum atomic E-state index is -0.109. The third-order valence-corrected chi connectivity index (χ3v) is 3.36. The molecule has 1 aromatic carbocycles. The number of esters is 1. The zero-order valence-corrected chi connectivity index (χ0v) is 9.69. The van der Waals surface area contributed by atoms with Crippen LogP contribution in [-0.2, 0) is 16.1 Å². The summed E-state index contributed by atoms with van der Waals surface area (Å²) in [6.07, 6.45) is 0.909. The number of ether oxygens (including phenoxy) is 1. The van der Waals surface area contributed by atoms with Crippen molar-refractivity contribution in [2.75, 3.05) is 19.7 Å². The van der Waals surface area contributed by atoms with Crippen LogP contribution in [0.1, 0.15) is 12.0 Å². The summed E-state index contributed by atoms with van der Waals surface area (Å²) in [7, 11) is 0. The van der Waals surface area contributed by atoms with Gasteiger partial charge in [-0.3, -0.25) is 4.90 Å². The van der Waals surface area contributed by atoms with Crippen LogP contribution in [-0.4, -0.2) is 30.6 Å². The van der Waals surface area contributed by atoms with Crippen molar-refractivity contribution in [3.05, 3.63) is 47.0 Å². The summed E-state index contributed by atoms with van der Waals surface area (Å²) < 4.78 is 5.07. The first-order valence-electron chi connectivity index (χ1n) is 5.97. The number of cyclic esters (lactones) is 1. The lowest BCUT2D eigenvalue weighted by atomic mass is 10.1. The van der Waals surface area contributed by atoms with Crippen LogP contribution in [0.25, 0.3) is 0 Å². The highest BCUT2D eigenvalue weighted by Gasteiger charge is 2.30. The van der Waals surface area contributed by atoms with Crippen LogP contribution in [0.15, 0.2) is 41.5 Å². The van der Waals surface area contributed by atoms with Crippen LogP contribution < -0.4 is 0 Å². The number of rotatable bonds is 2. The Morgan fingerprint density at radius 3 is 2.76 bits per heavy atom. The molecule has 0 radical (unpaired) electrons. The predicted molar refractivity (Wildman–Crippen MR) is 64.3 cm³/mol. The van der Waals surface area contributed by atoms with Crippen molar-refractivity contribution >= 4 is 5.97 Å². The molecule has 17 heavy (non-hydrogen) atoms. The van der Waals surface area contributed by atoms with Crippen molar-refractivity contribution in [3.8, 4) is 0 Å². The average Bonchev–Trinajstić information content (AvgIpc) is 2.74. The summed E-state index contributed by atoms with van der Waals surface area (Å²) in [6, 6.07) is 10.4. The highest BCUT2D eigenvalue weighted by molar-refractivity contribution is 5.91. The minimum Gasteiger partial charge on any atom is -0.462 e. The molecule has 2 heterocycles. The molecule has 0 aliphatic carbocycles. The van der Waals surface area contributed by atoms with Crippen LogP contribution >= 0.6 is 0 Å². The lowest BCUT2D eigenvalue weighted by molar-refractivity contribution is -0.140. The van der Waals surface area contributed by atoms with Crippen molar-refractivity contribution in [3.63, 3.8) is 0 Å². The van der Waals surface area contributed by atoms with Crippen molar-refractivity contribution in [2.45, 2.75) is 13.0 Å². The summed E-state index contributed by atoms with van der Waals surface area (Å²) in [5.74, 6) is -0.109. The quantitative estimate of drug-likeness (QED) is 0.723. The van der Waals surface area contributed by atoms with E-state index in [1.165, 1.54) is 11.1 Å². The molecule has 0 saturated heterocycles. The monoisotopic (exact) mass is 229 g/mol. The van der Waals surface area contributed by atoms with Gasteiger partial charge in [-0.15, -0.1) is 0 Å². The largest absolute Gasteiger partial charge is 0.462 e. The molecule has 88 valence electrons. The molecule has 0 aromatic heterocycles. The molecule has 0 atom stereocenters. The molecular weight excluding hydrogens is 214 g/mol. The molecule has 0 spiro atoms. The molecule has 0 fully saturated rings. The van der Waals surface area contributed by atoms with E-state index >= 15 is 0 Å². The molecule has 0 amide bonds. The first-order valence-corrected chi connectivity index (χ1v) is 5.97. The zero-order valence-electron chi connectivity index (χ0n) is 9.69. The molecule has 1 aromatic rings. The normalized spacial score (nSPS) is 20.4. The van der Waals surface area contributed by atoms with Crippen LogP contribution in [0.5, 0.6) is 0 Å². The number of benzene rings is 1. The Labute approximate surface area is 101 Å². The minimum absolute atomic E-state index is 0.109. The van der Waals surface area contributed by atoms with Crippen molar-refractivity contribution in [1.29, 1.82) is 0 Å². The molecule has 0 unspecified atom stereocenters. The lowest BCUT2D eigenvalue weighted by Gasteiger charge is -2.15. The van der Waals surface area contributed by atoms with Crippen molar-refractivity contribution in [2.24, 2.45) is 0 Å². The number of carbonyl (C=O) groups is 1. The number of nitrogens with zero attached hydrogens (tertiary/aromatic N) is 1. The SMILES string of the molecule is O=C1OCCC2=C1CN(Cc1ccccc1)C2. The van der Waals surface area contributed by atoms with Gasteiger partial charge in [0.2, 0.25) is 0 Å². The highest BCUT2D eigenvalue weighted by Crippen LogP contribution is 2.26. The smallest absolute Gasteiger partial charge is 0.335 e. The summed E-state index contributed by atoms with van der Waals surface area (Å²) >= 11 is 0. The zero-order chi connectivity index (χ0) is 11.7. The predicted octanol–water partition coefficient (Wildman–Crippen LogP) is 1.75. The molecule has 0 saturated carbocycles. The van der Waals surface area contributed by atoms with E-state index < -0.39 is 0 Å². The highest BCUT2D eigenvalue weighted by atomic mass is 16.5. The molecular formula is C14H15NO2. The number of carbonyl (C=O) groups excluding carboxylic acids is 1. The second-order valence-electron chi connectivity index (χ2n) is 4.60. The summed E-state index contributed by atoms with van der Waals surface area (Å²) in [6.45, 7) is 3.11. The third kappa shape index (κ3) is 2.11. The Morgan fingerprint density at radius 1 is 1.18 bits per heavy atom. The average molecular weight is 229 g/mol. The van der Waals surface area contributed by atoms with Crippen molar-refractivity contribution in [1.82, 2.24) is 4.90 Å². The topological polar surface area (TPSA) is 29.5 Å². The van der Waals surface area contributed by atoms with Gasteiger partial charge in [-0.2, -0.15) is 0 Å².